The van der Waals surface area contributed by atoms with Crippen LogP contribution in [-0.4, -0.2) is 63.2 Å². The number of carbonyl (C=O) groups is 2. The fourth-order valence-electron chi connectivity index (χ4n) is 4.38. The lowest BCUT2D eigenvalue weighted by Crippen LogP contribution is -2.35. The summed E-state index contributed by atoms with van der Waals surface area (Å²) in [5.74, 6) is 0.487. The van der Waals surface area contributed by atoms with Crippen molar-refractivity contribution in [1.29, 1.82) is 0 Å². The van der Waals surface area contributed by atoms with Gasteiger partial charge in [0.15, 0.2) is 5.78 Å². The van der Waals surface area contributed by atoms with Gasteiger partial charge in [0, 0.05) is 54.1 Å². The number of halogens is 1. The van der Waals surface area contributed by atoms with Crippen molar-refractivity contribution in [3.05, 3.63) is 68.5 Å². The molecule has 1 fully saturated rings. The number of ether oxygens (including phenoxy) is 2. The summed E-state index contributed by atoms with van der Waals surface area (Å²) in [7, 11) is 2.04. The van der Waals surface area contributed by atoms with Crippen molar-refractivity contribution in [3.63, 3.8) is 0 Å². The van der Waals surface area contributed by atoms with Crippen LogP contribution in [0, 0.1) is 5.92 Å². The molecule has 0 spiro atoms. The van der Waals surface area contributed by atoms with Gasteiger partial charge in [-0.1, -0.05) is 44.5 Å². The first kappa shape index (κ1) is 31.5. The van der Waals surface area contributed by atoms with E-state index in [4.69, 9.17) is 21.1 Å². The van der Waals surface area contributed by atoms with Crippen molar-refractivity contribution in [1.82, 2.24) is 10.2 Å². The molecule has 1 saturated heterocycles. The molecule has 1 unspecified atom stereocenters. The molecular formula is C31H43ClN2O4. The van der Waals surface area contributed by atoms with Crippen molar-refractivity contribution in [2.45, 2.75) is 46.5 Å². The van der Waals surface area contributed by atoms with Crippen molar-refractivity contribution < 1.29 is 19.1 Å². The van der Waals surface area contributed by atoms with Crippen LogP contribution in [0.1, 0.15) is 66.3 Å². The highest BCUT2D eigenvalue weighted by atomic mass is 35.5. The molecular weight excluding hydrogens is 500 g/mol. The Labute approximate surface area is 232 Å². The summed E-state index contributed by atoms with van der Waals surface area (Å²) in [6.45, 7) is 14.9. The van der Waals surface area contributed by atoms with E-state index >= 15 is 0 Å². The smallest absolute Gasteiger partial charge is 0.251 e. The molecule has 6 nitrogen and oxygen atoms in total. The van der Waals surface area contributed by atoms with E-state index in [0.717, 1.165) is 68.2 Å². The molecule has 0 bridgehead atoms. The minimum Gasteiger partial charge on any atom is -0.380 e. The third-order valence-corrected chi connectivity index (χ3v) is 6.80. The van der Waals surface area contributed by atoms with E-state index in [9.17, 15) is 9.59 Å². The molecule has 0 radical (unpaired) electrons. The predicted molar refractivity (Wildman–Crippen MR) is 156 cm³/mol. The van der Waals surface area contributed by atoms with Crippen LogP contribution in [0.25, 0.3) is 12.8 Å². The lowest BCUT2D eigenvalue weighted by molar-refractivity contribution is -0.0334. The number of ketones is 1. The molecule has 1 amide bonds. The number of nitrogens with zero attached hydrogens (tertiary/aromatic N) is 1. The van der Waals surface area contributed by atoms with Crippen molar-refractivity contribution in [2.75, 3.05) is 46.6 Å². The van der Waals surface area contributed by atoms with Crippen LogP contribution in [-0.2, 0) is 15.9 Å². The summed E-state index contributed by atoms with van der Waals surface area (Å²) < 4.78 is 9.89. The molecule has 0 aromatic heterocycles. The van der Waals surface area contributed by atoms with Gasteiger partial charge in [0.05, 0.1) is 26.4 Å². The van der Waals surface area contributed by atoms with Crippen LogP contribution in [0.3, 0.4) is 0 Å². The van der Waals surface area contributed by atoms with Crippen LogP contribution < -0.4 is 15.8 Å². The second-order valence-electron chi connectivity index (χ2n) is 9.41. The van der Waals surface area contributed by atoms with Crippen LogP contribution in [0.4, 0.5) is 0 Å². The molecule has 0 saturated carbocycles. The first-order chi connectivity index (χ1) is 18.3. The summed E-state index contributed by atoms with van der Waals surface area (Å²) in [6, 6.07) is 10.9. The quantitative estimate of drug-likeness (QED) is 0.425. The number of rotatable bonds is 11. The fourth-order valence-corrected chi connectivity index (χ4v) is 4.51. The topological polar surface area (TPSA) is 67.9 Å². The Morgan fingerprint density at radius 2 is 1.68 bits per heavy atom. The maximum atomic E-state index is 12.5. The van der Waals surface area contributed by atoms with Gasteiger partial charge in [-0.15, -0.1) is 0 Å². The third kappa shape index (κ3) is 10.2. The van der Waals surface area contributed by atoms with E-state index in [-0.39, 0.29) is 11.7 Å². The average molecular weight is 543 g/mol. The largest absolute Gasteiger partial charge is 0.380 e. The van der Waals surface area contributed by atoms with E-state index < -0.39 is 0 Å². The number of hydrogen-bond donors (Lipinski definition) is 1. The molecule has 1 heterocycles. The number of benzene rings is 2. The van der Waals surface area contributed by atoms with Crippen molar-refractivity contribution in [2.24, 2.45) is 5.92 Å². The number of hydrogen-bond acceptors (Lipinski definition) is 5. The van der Waals surface area contributed by atoms with Crippen molar-refractivity contribution in [3.8, 4) is 0 Å². The zero-order valence-corrected chi connectivity index (χ0v) is 24.1. The van der Waals surface area contributed by atoms with Crippen LogP contribution in [0.2, 0.25) is 5.02 Å². The third-order valence-electron chi connectivity index (χ3n) is 6.55. The Balaban J connectivity index is 0.000000739. The molecule has 1 aliphatic heterocycles. The number of carbonyl (C=O) groups excluding carboxylic acids is 2. The number of nitrogens with one attached hydrogen (secondary N) is 1. The van der Waals surface area contributed by atoms with Gasteiger partial charge in [0.1, 0.15) is 0 Å². The normalized spacial score (nSPS) is 14.3. The monoisotopic (exact) mass is 542 g/mol. The minimum absolute atomic E-state index is 0.0474. The lowest BCUT2D eigenvalue weighted by Gasteiger charge is -2.22. The van der Waals surface area contributed by atoms with Gasteiger partial charge >= 0.3 is 0 Å². The Bertz CT molecular complexity index is 1120. The van der Waals surface area contributed by atoms with Gasteiger partial charge < -0.3 is 19.7 Å². The molecule has 2 aromatic carbocycles. The number of amides is 1. The summed E-state index contributed by atoms with van der Waals surface area (Å²) >= 11 is 5.92. The molecule has 1 aliphatic rings. The summed E-state index contributed by atoms with van der Waals surface area (Å²) in [4.78, 5) is 27.2. The Morgan fingerprint density at radius 1 is 1.05 bits per heavy atom. The maximum absolute atomic E-state index is 12.5. The average Bonchev–Trinajstić information content (AvgIpc) is 2.93. The van der Waals surface area contributed by atoms with E-state index in [0.29, 0.717) is 35.0 Å². The molecule has 1 atom stereocenters. The standard InChI is InChI=1S/C27H35ClN2O2.C4H8O2/c1-6-20(10-16-26(31)21-11-13-22(28)14-12-21)17-30(5)18-25-19(4)9-15-24(23(25)7-2)27(32)29-8-3;1-2-6-4-3-5-1/h9,11-15,18,20H,4,6-8,10,16-17H2,1-3,5H3,(H,29,32);1-4H2/b25-18+;. The van der Waals surface area contributed by atoms with E-state index in [2.05, 4.69) is 36.8 Å². The fraction of sp³-hybridized carbons (Fsp3) is 0.484. The van der Waals surface area contributed by atoms with Crippen LogP contribution >= 0.6 is 11.6 Å². The second kappa shape index (κ2) is 17.0. The Kier molecular flexibility index (Phi) is 14.1. The molecule has 0 aliphatic carbocycles. The SMILES string of the molecule is C1COCCO1.C=c1ccc(C(=O)NCC)c(CC)/c1=C/N(C)CC(CC)CCC(=O)c1ccc(Cl)cc1. The Morgan fingerprint density at radius 3 is 2.21 bits per heavy atom. The maximum Gasteiger partial charge on any atom is 0.251 e. The zero-order chi connectivity index (χ0) is 27.9. The summed E-state index contributed by atoms with van der Waals surface area (Å²) in [5.41, 5.74) is 2.43. The first-order valence-corrected chi connectivity index (χ1v) is 13.9. The predicted octanol–water partition coefficient (Wildman–Crippen LogP) is 4.45. The minimum atomic E-state index is -0.0474. The Hall–Kier alpha value is -2.67. The number of Topliss-reactive ketones (excluding diaryl/α,β-unsaturated/α-hetero) is 1. The summed E-state index contributed by atoms with van der Waals surface area (Å²) in [5, 5.41) is 5.45. The van der Waals surface area contributed by atoms with E-state index in [1.807, 2.05) is 26.1 Å². The van der Waals surface area contributed by atoms with Gasteiger partial charge in [0.25, 0.3) is 5.91 Å². The van der Waals surface area contributed by atoms with E-state index in [1.54, 1.807) is 24.3 Å². The molecule has 208 valence electrons. The highest BCUT2D eigenvalue weighted by Crippen LogP contribution is 2.17. The molecule has 2 aromatic rings. The molecule has 7 heteroatoms. The molecule has 38 heavy (non-hydrogen) atoms. The van der Waals surface area contributed by atoms with E-state index in [1.165, 1.54) is 0 Å². The second-order valence-corrected chi connectivity index (χ2v) is 9.85. The van der Waals surface area contributed by atoms with Gasteiger partial charge in [-0.2, -0.15) is 0 Å². The zero-order valence-electron chi connectivity index (χ0n) is 23.4. The van der Waals surface area contributed by atoms with Gasteiger partial charge in [0.2, 0.25) is 0 Å². The van der Waals surface area contributed by atoms with Crippen LogP contribution in [0.5, 0.6) is 0 Å². The summed E-state index contributed by atoms with van der Waals surface area (Å²) in [6.07, 6.45) is 5.17. The van der Waals surface area contributed by atoms with Gasteiger partial charge in [-0.3, -0.25) is 9.59 Å². The highest BCUT2D eigenvalue weighted by molar-refractivity contribution is 6.30. The van der Waals surface area contributed by atoms with Crippen molar-refractivity contribution >= 4 is 36.1 Å². The first-order valence-electron chi connectivity index (χ1n) is 13.6. The van der Waals surface area contributed by atoms with Gasteiger partial charge in [-0.05, 0) is 66.8 Å². The van der Waals surface area contributed by atoms with Crippen LogP contribution in [0.15, 0.2) is 36.4 Å². The molecule has 1 N–H and O–H groups in total. The molecule has 3 rings (SSSR count). The van der Waals surface area contributed by atoms with Gasteiger partial charge in [-0.25, -0.2) is 0 Å². The lowest BCUT2D eigenvalue weighted by atomic mass is 9.96. The highest BCUT2D eigenvalue weighted by Gasteiger charge is 2.14.